The molecule has 0 amide bonds. The van der Waals surface area contributed by atoms with Crippen LogP contribution in [-0.2, 0) is 6.42 Å². The zero-order valence-electron chi connectivity index (χ0n) is 10.7. The number of pyridine rings is 1. The molecule has 2 aromatic rings. The molecule has 18 heavy (non-hydrogen) atoms. The molecule has 0 spiro atoms. The predicted molar refractivity (Wildman–Crippen MR) is 71.0 cm³/mol. The van der Waals surface area contributed by atoms with Gasteiger partial charge in [-0.15, -0.1) is 0 Å². The van der Waals surface area contributed by atoms with E-state index >= 15 is 0 Å². The Balaban J connectivity index is 1.79. The van der Waals surface area contributed by atoms with Gasteiger partial charge >= 0.3 is 0 Å². The molecule has 2 aromatic heterocycles. The Morgan fingerprint density at radius 1 is 1.56 bits per heavy atom. The van der Waals surface area contributed by atoms with Gasteiger partial charge in [-0.2, -0.15) is 0 Å². The number of nitrogens with zero attached hydrogens (tertiary/aromatic N) is 2. The molecule has 3 rings (SSSR count). The molecule has 1 aliphatic heterocycles. The Morgan fingerprint density at radius 3 is 3.28 bits per heavy atom. The quantitative estimate of drug-likeness (QED) is 0.897. The van der Waals surface area contributed by atoms with Gasteiger partial charge in [-0.05, 0) is 44.3 Å². The van der Waals surface area contributed by atoms with Crippen molar-refractivity contribution in [1.29, 1.82) is 0 Å². The molecule has 1 aliphatic rings. The van der Waals surface area contributed by atoms with E-state index in [1.165, 1.54) is 25.1 Å². The van der Waals surface area contributed by atoms with Crippen LogP contribution in [0.5, 0.6) is 5.75 Å². The van der Waals surface area contributed by atoms with Crippen molar-refractivity contribution in [3.63, 3.8) is 0 Å². The van der Waals surface area contributed by atoms with Gasteiger partial charge in [0.2, 0.25) is 0 Å². The van der Waals surface area contributed by atoms with Crippen LogP contribution in [0.1, 0.15) is 18.5 Å². The number of methoxy groups -OCH3 is 1. The van der Waals surface area contributed by atoms with Gasteiger partial charge in [-0.3, -0.25) is 0 Å². The molecule has 1 fully saturated rings. The lowest BCUT2D eigenvalue weighted by Crippen LogP contribution is -2.30. The molecule has 0 aliphatic carbocycles. The average molecular weight is 245 g/mol. The fraction of sp³-hybridized carbons (Fsp3) is 0.500. The summed E-state index contributed by atoms with van der Waals surface area (Å²) in [7, 11) is 1.68. The van der Waals surface area contributed by atoms with Crippen LogP contribution in [0.4, 0.5) is 0 Å². The van der Waals surface area contributed by atoms with Crippen molar-refractivity contribution >= 4 is 5.65 Å². The minimum atomic E-state index is 0.727. The van der Waals surface area contributed by atoms with E-state index in [2.05, 4.69) is 20.9 Å². The van der Waals surface area contributed by atoms with Crippen LogP contribution < -0.4 is 10.1 Å². The molecule has 0 radical (unpaired) electrons. The highest BCUT2D eigenvalue weighted by Gasteiger charge is 2.15. The van der Waals surface area contributed by atoms with E-state index in [-0.39, 0.29) is 0 Å². The monoisotopic (exact) mass is 245 g/mol. The first kappa shape index (κ1) is 11.5. The van der Waals surface area contributed by atoms with E-state index in [0.29, 0.717) is 0 Å². The third-order valence-corrected chi connectivity index (χ3v) is 3.61. The second-order valence-electron chi connectivity index (χ2n) is 4.98. The van der Waals surface area contributed by atoms with Gasteiger partial charge in [0.15, 0.2) is 0 Å². The highest BCUT2D eigenvalue weighted by Crippen LogP contribution is 2.18. The van der Waals surface area contributed by atoms with E-state index in [4.69, 9.17) is 4.74 Å². The maximum atomic E-state index is 5.22. The second-order valence-corrected chi connectivity index (χ2v) is 4.98. The first-order valence-corrected chi connectivity index (χ1v) is 6.57. The van der Waals surface area contributed by atoms with Crippen LogP contribution in [0.2, 0.25) is 0 Å². The topological polar surface area (TPSA) is 38.6 Å². The lowest BCUT2D eigenvalue weighted by Gasteiger charge is -2.21. The summed E-state index contributed by atoms with van der Waals surface area (Å²) in [5, 5.41) is 3.45. The van der Waals surface area contributed by atoms with E-state index in [1.54, 1.807) is 7.11 Å². The van der Waals surface area contributed by atoms with Crippen LogP contribution in [0.25, 0.3) is 5.65 Å². The summed E-state index contributed by atoms with van der Waals surface area (Å²) in [6.45, 7) is 2.29. The van der Waals surface area contributed by atoms with Crippen LogP contribution >= 0.6 is 0 Å². The highest BCUT2D eigenvalue weighted by molar-refractivity contribution is 5.45. The lowest BCUT2D eigenvalue weighted by atomic mass is 9.95. The zero-order chi connectivity index (χ0) is 12.4. The number of fused-ring (bicyclic) bond motifs is 1. The molecule has 0 bridgehead atoms. The molecule has 96 valence electrons. The number of hydrogen-bond acceptors (Lipinski definition) is 3. The molecule has 1 atom stereocenters. The van der Waals surface area contributed by atoms with Gasteiger partial charge in [-0.1, -0.05) is 0 Å². The maximum absolute atomic E-state index is 5.22. The molecule has 3 heterocycles. The Bertz CT molecular complexity index is 529. The van der Waals surface area contributed by atoms with E-state index in [9.17, 15) is 0 Å². The predicted octanol–water partition coefficient (Wildman–Crippen LogP) is 1.88. The van der Waals surface area contributed by atoms with Crippen LogP contribution in [-0.4, -0.2) is 29.6 Å². The lowest BCUT2D eigenvalue weighted by molar-refractivity contribution is 0.374. The van der Waals surface area contributed by atoms with E-state index < -0.39 is 0 Å². The molecule has 0 aromatic carbocycles. The van der Waals surface area contributed by atoms with Gasteiger partial charge in [-0.25, -0.2) is 4.98 Å². The third-order valence-electron chi connectivity index (χ3n) is 3.61. The summed E-state index contributed by atoms with van der Waals surface area (Å²) < 4.78 is 7.28. The maximum Gasteiger partial charge on any atom is 0.140 e. The number of piperidine rings is 1. The SMILES string of the molecule is COc1ccn2cc(CC3CCCNC3)nc2c1. The number of imidazole rings is 1. The van der Waals surface area contributed by atoms with Crippen LogP contribution in [0, 0.1) is 5.92 Å². The summed E-state index contributed by atoms with van der Waals surface area (Å²) in [4.78, 5) is 4.67. The fourth-order valence-electron chi connectivity index (χ4n) is 2.64. The minimum Gasteiger partial charge on any atom is -0.497 e. The number of aromatic nitrogens is 2. The van der Waals surface area contributed by atoms with Crippen molar-refractivity contribution in [3.8, 4) is 5.75 Å². The second kappa shape index (κ2) is 4.98. The zero-order valence-corrected chi connectivity index (χ0v) is 10.7. The van der Waals surface area contributed by atoms with Crippen molar-refractivity contribution in [2.24, 2.45) is 5.92 Å². The molecule has 1 unspecified atom stereocenters. The van der Waals surface area contributed by atoms with E-state index in [1.807, 2.05) is 18.3 Å². The van der Waals surface area contributed by atoms with Crippen molar-refractivity contribution in [1.82, 2.24) is 14.7 Å². The van der Waals surface area contributed by atoms with Gasteiger partial charge in [0.1, 0.15) is 11.4 Å². The summed E-state index contributed by atoms with van der Waals surface area (Å²) in [6, 6.07) is 3.93. The molecule has 4 nitrogen and oxygen atoms in total. The molecular formula is C14H19N3O. The smallest absolute Gasteiger partial charge is 0.140 e. The summed E-state index contributed by atoms with van der Waals surface area (Å²) >= 11 is 0. The molecule has 1 saturated heterocycles. The van der Waals surface area contributed by atoms with Crippen LogP contribution in [0.3, 0.4) is 0 Å². The molecule has 1 N–H and O–H groups in total. The number of hydrogen-bond donors (Lipinski definition) is 1. The number of rotatable bonds is 3. The largest absolute Gasteiger partial charge is 0.497 e. The molecule has 0 saturated carbocycles. The third kappa shape index (κ3) is 2.34. The van der Waals surface area contributed by atoms with Gasteiger partial charge in [0.25, 0.3) is 0 Å². The Kier molecular flexibility index (Phi) is 3.19. The van der Waals surface area contributed by atoms with Crippen LogP contribution in [0.15, 0.2) is 24.5 Å². The fourth-order valence-corrected chi connectivity index (χ4v) is 2.64. The highest BCUT2D eigenvalue weighted by atomic mass is 16.5. The van der Waals surface area contributed by atoms with Crippen molar-refractivity contribution < 1.29 is 4.74 Å². The van der Waals surface area contributed by atoms with E-state index in [0.717, 1.165) is 30.3 Å². The first-order valence-electron chi connectivity index (χ1n) is 6.57. The van der Waals surface area contributed by atoms with Gasteiger partial charge in [0.05, 0.1) is 12.8 Å². The van der Waals surface area contributed by atoms with Crippen molar-refractivity contribution in [2.45, 2.75) is 19.3 Å². The Morgan fingerprint density at radius 2 is 2.50 bits per heavy atom. The Hall–Kier alpha value is -1.55. The van der Waals surface area contributed by atoms with Gasteiger partial charge < -0.3 is 14.5 Å². The van der Waals surface area contributed by atoms with Crippen molar-refractivity contribution in [2.75, 3.05) is 20.2 Å². The first-order chi connectivity index (χ1) is 8.85. The standard InChI is InChI=1S/C14H19N3O/c1-18-13-4-6-17-10-12(16-14(17)8-13)7-11-3-2-5-15-9-11/h4,6,8,10-11,15H,2-3,5,7,9H2,1H3. The molecule has 4 heteroatoms. The Labute approximate surface area is 107 Å². The van der Waals surface area contributed by atoms with Crippen molar-refractivity contribution in [3.05, 3.63) is 30.2 Å². The normalized spacial score (nSPS) is 20.2. The summed E-state index contributed by atoms with van der Waals surface area (Å²) in [5.74, 6) is 1.59. The number of nitrogens with one attached hydrogen (secondary N) is 1. The summed E-state index contributed by atoms with van der Waals surface area (Å²) in [5.41, 5.74) is 2.14. The van der Waals surface area contributed by atoms with Gasteiger partial charge in [0, 0.05) is 18.5 Å². The minimum absolute atomic E-state index is 0.727. The number of ether oxygens (including phenoxy) is 1. The summed E-state index contributed by atoms with van der Waals surface area (Å²) in [6.07, 6.45) is 7.79. The average Bonchev–Trinajstić information content (AvgIpc) is 2.80. The molecular weight excluding hydrogens is 226 g/mol.